The van der Waals surface area contributed by atoms with E-state index in [1.807, 2.05) is 12.1 Å². The van der Waals surface area contributed by atoms with Crippen LogP contribution in [0.1, 0.15) is 30.9 Å². The molecular formula is C13H16O3. The minimum Gasteiger partial charge on any atom is -0.490 e. The molecule has 1 aromatic carbocycles. The van der Waals surface area contributed by atoms with Crippen LogP contribution in [-0.2, 0) is 17.6 Å². The molecule has 0 aromatic heterocycles. The third kappa shape index (κ3) is 2.35. The molecule has 1 aromatic rings. The van der Waals surface area contributed by atoms with Gasteiger partial charge in [0.05, 0.1) is 0 Å². The number of fused-ring (bicyclic) bond motifs is 1. The van der Waals surface area contributed by atoms with Crippen LogP contribution in [0.5, 0.6) is 5.75 Å². The lowest BCUT2D eigenvalue weighted by atomic mass is 10.0. The molecule has 3 nitrogen and oxygen atoms in total. The number of aryl methyl sites for hydroxylation is 1. The van der Waals surface area contributed by atoms with Crippen LogP contribution in [0, 0.1) is 0 Å². The van der Waals surface area contributed by atoms with Gasteiger partial charge < -0.3 is 9.84 Å². The Bertz CT molecular complexity index is 398. The fourth-order valence-corrected chi connectivity index (χ4v) is 2.13. The number of para-hydroxylation sites is 1. The number of ether oxygens (including phenoxy) is 1. The second-order valence-corrected chi connectivity index (χ2v) is 4.29. The van der Waals surface area contributed by atoms with Crippen molar-refractivity contribution in [2.24, 2.45) is 0 Å². The Balaban J connectivity index is 2.05. The van der Waals surface area contributed by atoms with E-state index in [-0.39, 0.29) is 12.5 Å². The van der Waals surface area contributed by atoms with Crippen molar-refractivity contribution in [3.8, 4) is 5.75 Å². The molecular weight excluding hydrogens is 204 g/mol. The van der Waals surface area contributed by atoms with E-state index < -0.39 is 5.97 Å². The van der Waals surface area contributed by atoms with Crippen LogP contribution < -0.4 is 4.74 Å². The van der Waals surface area contributed by atoms with E-state index >= 15 is 0 Å². The minimum atomic E-state index is -0.734. The summed E-state index contributed by atoms with van der Waals surface area (Å²) in [6.45, 7) is 2.06. The number of benzene rings is 1. The van der Waals surface area contributed by atoms with Gasteiger partial charge >= 0.3 is 5.97 Å². The van der Waals surface area contributed by atoms with Gasteiger partial charge in [-0.3, -0.25) is 4.79 Å². The largest absolute Gasteiger partial charge is 0.490 e. The summed E-state index contributed by atoms with van der Waals surface area (Å²) in [5, 5.41) is 8.60. The van der Waals surface area contributed by atoms with Crippen molar-refractivity contribution in [2.45, 2.75) is 38.7 Å². The lowest BCUT2D eigenvalue weighted by Gasteiger charge is -2.08. The van der Waals surface area contributed by atoms with E-state index in [0.29, 0.717) is 6.42 Å². The summed E-state index contributed by atoms with van der Waals surface area (Å²) < 4.78 is 5.75. The standard InChI is InChI=1S/C13H16O3/c1-9-8-11-6-2-4-10(13(11)16-9)5-3-7-12(14)15/h2,4,6,9H,3,5,7-8H2,1H3,(H,14,15). The van der Waals surface area contributed by atoms with Gasteiger partial charge in [-0.15, -0.1) is 0 Å². The first-order valence-corrected chi connectivity index (χ1v) is 5.66. The molecule has 3 heteroatoms. The maximum Gasteiger partial charge on any atom is 0.303 e. The maximum atomic E-state index is 10.4. The van der Waals surface area contributed by atoms with Gasteiger partial charge in [-0.2, -0.15) is 0 Å². The number of carbonyl (C=O) groups is 1. The highest BCUT2D eigenvalue weighted by Gasteiger charge is 2.21. The van der Waals surface area contributed by atoms with Crippen molar-refractivity contribution in [1.29, 1.82) is 0 Å². The lowest BCUT2D eigenvalue weighted by Crippen LogP contribution is -2.06. The van der Waals surface area contributed by atoms with E-state index in [2.05, 4.69) is 13.0 Å². The third-order valence-corrected chi connectivity index (χ3v) is 2.84. The van der Waals surface area contributed by atoms with Crippen molar-refractivity contribution in [1.82, 2.24) is 0 Å². The van der Waals surface area contributed by atoms with Gasteiger partial charge in [0.2, 0.25) is 0 Å². The highest BCUT2D eigenvalue weighted by atomic mass is 16.5. The zero-order valence-electron chi connectivity index (χ0n) is 9.40. The molecule has 1 aliphatic heterocycles. The van der Waals surface area contributed by atoms with Gasteiger partial charge in [-0.05, 0) is 30.9 Å². The average Bonchev–Trinajstić information content (AvgIpc) is 2.58. The summed E-state index contributed by atoms with van der Waals surface area (Å²) in [6.07, 6.45) is 2.88. The van der Waals surface area contributed by atoms with E-state index in [9.17, 15) is 4.79 Å². The van der Waals surface area contributed by atoms with E-state index in [1.165, 1.54) is 5.56 Å². The van der Waals surface area contributed by atoms with Gasteiger partial charge in [0.25, 0.3) is 0 Å². The molecule has 1 aliphatic rings. The highest BCUT2D eigenvalue weighted by molar-refractivity contribution is 5.66. The number of aliphatic carboxylic acids is 1. The fraction of sp³-hybridized carbons (Fsp3) is 0.462. The predicted octanol–water partition coefficient (Wildman–Crippen LogP) is 2.42. The van der Waals surface area contributed by atoms with E-state index in [4.69, 9.17) is 9.84 Å². The molecule has 0 bridgehead atoms. The van der Waals surface area contributed by atoms with E-state index in [0.717, 1.165) is 24.2 Å². The zero-order valence-corrected chi connectivity index (χ0v) is 9.40. The van der Waals surface area contributed by atoms with Crippen molar-refractivity contribution in [2.75, 3.05) is 0 Å². The molecule has 0 amide bonds. The van der Waals surface area contributed by atoms with Crippen molar-refractivity contribution in [3.05, 3.63) is 29.3 Å². The molecule has 0 saturated carbocycles. The molecule has 1 N–H and O–H groups in total. The number of carboxylic acids is 1. The summed E-state index contributed by atoms with van der Waals surface area (Å²) in [7, 11) is 0. The smallest absolute Gasteiger partial charge is 0.303 e. The van der Waals surface area contributed by atoms with Gasteiger partial charge in [-0.25, -0.2) is 0 Å². The van der Waals surface area contributed by atoms with Crippen molar-refractivity contribution < 1.29 is 14.6 Å². The Labute approximate surface area is 95.0 Å². The van der Waals surface area contributed by atoms with Gasteiger partial charge in [0, 0.05) is 12.8 Å². The van der Waals surface area contributed by atoms with Crippen LogP contribution in [0.15, 0.2) is 18.2 Å². The van der Waals surface area contributed by atoms with Crippen LogP contribution in [0.4, 0.5) is 0 Å². The van der Waals surface area contributed by atoms with Gasteiger partial charge in [0.15, 0.2) is 0 Å². The van der Waals surface area contributed by atoms with Crippen LogP contribution in [0.2, 0.25) is 0 Å². The van der Waals surface area contributed by atoms with E-state index in [1.54, 1.807) is 0 Å². The Morgan fingerprint density at radius 3 is 3.12 bits per heavy atom. The Morgan fingerprint density at radius 2 is 2.38 bits per heavy atom. The third-order valence-electron chi connectivity index (χ3n) is 2.84. The van der Waals surface area contributed by atoms with Crippen LogP contribution in [0.25, 0.3) is 0 Å². The molecule has 2 rings (SSSR count). The Hall–Kier alpha value is -1.51. The molecule has 0 fully saturated rings. The van der Waals surface area contributed by atoms with Crippen molar-refractivity contribution in [3.63, 3.8) is 0 Å². The van der Waals surface area contributed by atoms with Crippen LogP contribution in [0.3, 0.4) is 0 Å². The molecule has 1 atom stereocenters. The average molecular weight is 220 g/mol. The second-order valence-electron chi connectivity index (χ2n) is 4.29. The zero-order chi connectivity index (χ0) is 11.5. The molecule has 0 saturated heterocycles. The number of hydrogen-bond acceptors (Lipinski definition) is 2. The molecule has 1 heterocycles. The first kappa shape index (κ1) is 11.0. The molecule has 0 spiro atoms. The predicted molar refractivity (Wildman–Crippen MR) is 60.8 cm³/mol. The molecule has 0 radical (unpaired) electrons. The molecule has 1 unspecified atom stereocenters. The quantitative estimate of drug-likeness (QED) is 0.847. The summed E-state index contributed by atoms with van der Waals surface area (Å²) in [5.41, 5.74) is 2.39. The summed E-state index contributed by atoms with van der Waals surface area (Å²) in [4.78, 5) is 10.4. The molecule has 0 aliphatic carbocycles. The van der Waals surface area contributed by atoms with Crippen LogP contribution in [-0.4, -0.2) is 17.2 Å². The first-order valence-electron chi connectivity index (χ1n) is 5.66. The number of hydrogen-bond donors (Lipinski definition) is 1. The van der Waals surface area contributed by atoms with Gasteiger partial charge in [-0.1, -0.05) is 18.2 Å². The van der Waals surface area contributed by atoms with Crippen molar-refractivity contribution >= 4 is 5.97 Å². The monoisotopic (exact) mass is 220 g/mol. The highest BCUT2D eigenvalue weighted by Crippen LogP contribution is 2.33. The minimum absolute atomic E-state index is 0.221. The number of rotatable bonds is 4. The SMILES string of the molecule is CC1Cc2cccc(CCCC(=O)O)c2O1. The van der Waals surface area contributed by atoms with Crippen LogP contribution >= 0.6 is 0 Å². The summed E-state index contributed by atoms with van der Waals surface area (Å²) in [6, 6.07) is 6.13. The van der Waals surface area contributed by atoms with Gasteiger partial charge in [0.1, 0.15) is 11.9 Å². The topological polar surface area (TPSA) is 46.5 Å². The lowest BCUT2D eigenvalue weighted by molar-refractivity contribution is -0.137. The summed E-state index contributed by atoms with van der Waals surface area (Å²) >= 11 is 0. The summed E-state index contributed by atoms with van der Waals surface area (Å²) in [5.74, 6) is 0.252. The maximum absolute atomic E-state index is 10.4. The Morgan fingerprint density at radius 1 is 1.56 bits per heavy atom. The Kier molecular flexibility index (Phi) is 3.13. The number of carboxylic acid groups (broad SMARTS) is 1. The second kappa shape index (κ2) is 4.56. The first-order chi connectivity index (χ1) is 7.66. The normalized spacial score (nSPS) is 17.9. The fourth-order valence-electron chi connectivity index (χ4n) is 2.13. The molecule has 86 valence electrons. The molecule has 16 heavy (non-hydrogen) atoms.